The first kappa shape index (κ1) is 10.9. The predicted octanol–water partition coefficient (Wildman–Crippen LogP) is 2.53. The summed E-state index contributed by atoms with van der Waals surface area (Å²) in [7, 11) is 0. The highest BCUT2D eigenvalue weighted by molar-refractivity contribution is 9.10. The molecule has 0 spiro atoms. The molecule has 0 aliphatic heterocycles. The third-order valence-corrected chi connectivity index (χ3v) is 3.76. The van der Waals surface area contributed by atoms with E-state index < -0.39 is 0 Å². The number of pyridine rings is 1. The summed E-state index contributed by atoms with van der Waals surface area (Å²) in [6, 6.07) is 1.99. The summed E-state index contributed by atoms with van der Waals surface area (Å²) in [6.07, 6.45) is 8.48. The molecule has 4 heteroatoms. The Balaban J connectivity index is 2.16. The van der Waals surface area contributed by atoms with Gasteiger partial charge in [-0.3, -0.25) is 4.98 Å². The second-order valence-electron chi connectivity index (χ2n) is 4.17. The molecule has 0 unspecified atom stereocenters. The third kappa shape index (κ3) is 2.32. The summed E-state index contributed by atoms with van der Waals surface area (Å²) in [5, 5.41) is 3.56. The van der Waals surface area contributed by atoms with E-state index in [0.29, 0.717) is 6.54 Å². The quantitative estimate of drug-likeness (QED) is 0.887. The van der Waals surface area contributed by atoms with Gasteiger partial charge in [0.15, 0.2) is 0 Å². The first-order valence-corrected chi connectivity index (χ1v) is 6.13. The van der Waals surface area contributed by atoms with Gasteiger partial charge >= 0.3 is 0 Å². The minimum Gasteiger partial charge on any atom is -0.377 e. The number of aromatic nitrogens is 1. The Morgan fingerprint density at radius 2 is 2.20 bits per heavy atom. The van der Waals surface area contributed by atoms with Crippen molar-refractivity contribution in [3.8, 4) is 0 Å². The van der Waals surface area contributed by atoms with Crippen LogP contribution in [0.2, 0.25) is 0 Å². The van der Waals surface area contributed by atoms with E-state index in [9.17, 15) is 0 Å². The van der Waals surface area contributed by atoms with Crippen molar-refractivity contribution in [2.24, 2.45) is 5.73 Å². The summed E-state index contributed by atoms with van der Waals surface area (Å²) in [6.45, 7) is 0.696. The largest absolute Gasteiger partial charge is 0.377 e. The number of hydrogen-bond acceptors (Lipinski definition) is 3. The highest BCUT2D eigenvalue weighted by Crippen LogP contribution is 2.34. The normalized spacial score (nSPS) is 19.1. The molecule has 1 fully saturated rings. The summed E-state index contributed by atoms with van der Waals surface area (Å²) < 4.78 is 1.00. The Morgan fingerprint density at radius 3 is 2.80 bits per heavy atom. The number of rotatable bonds is 3. The number of nitrogens with two attached hydrogens (primary N) is 1. The molecule has 0 bridgehead atoms. The first-order chi connectivity index (χ1) is 7.26. The molecule has 1 aromatic heterocycles. The van der Waals surface area contributed by atoms with Crippen LogP contribution in [-0.4, -0.2) is 17.1 Å². The fourth-order valence-corrected chi connectivity index (χ4v) is 2.54. The van der Waals surface area contributed by atoms with Crippen LogP contribution in [0.3, 0.4) is 0 Å². The lowest BCUT2D eigenvalue weighted by Crippen LogP contribution is -2.42. The van der Waals surface area contributed by atoms with Crippen LogP contribution in [0.15, 0.2) is 22.9 Å². The van der Waals surface area contributed by atoms with Crippen molar-refractivity contribution < 1.29 is 0 Å². The van der Waals surface area contributed by atoms with Crippen LogP contribution in [0, 0.1) is 0 Å². The summed E-state index contributed by atoms with van der Waals surface area (Å²) in [5.41, 5.74) is 7.07. The van der Waals surface area contributed by atoms with Crippen LogP contribution < -0.4 is 11.1 Å². The second-order valence-corrected chi connectivity index (χ2v) is 5.03. The Bertz CT molecular complexity index is 334. The van der Waals surface area contributed by atoms with E-state index in [1.807, 2.05) is 12.3 Å². The van der Waals surface area contributed by atoms with Crippen LogP contribution in [-0.2, 0) is 0 Å². The number of nitrogens with zero attached hydrogens (tertiary/aromatic N) is 1. The molecule has 3 N–H and O–H groups in total. The molecule has 0 aromatic carbocycles. The van der Waals surface area contributed by atoms with Gasteiger partial charge in [-0.2, -0.15) is 0 Å². The molecule has 1 heterocycles. The zero-order chi connectivity index (χ0) is 10.7. The molecule has 0 amide bonds. The summed E-state index contributed by atoms with van der Waals surface area (Å²) >= 11 is 3.49. The second kappa shape index (κ2) is 4.49. The van der Waals surface area contributed by atoms with Gasteiger partial charge in [-0.15, -0.1) is 0 Å². The average molecular weight is 270 g/mol. The Hall–Kier alpha value is -0.610. The Kier molecular flexibility index (Phi) is 3.26. The zero-order valence-electron chi connectivity index (χ0n) is 8.67. The van der Waals surface area contributed by atoms with E-state index >= 15 is 0 Å². The van der Waals surface area contributed by atoms with E-state index in [1.165, 1.54) is 12.8 Å². The van der Waals surface area contributed by atoms with Crippen molar-refractivity contribution in [3.05, 3.63) is 22.9 Å². The maximum absolute atomic E-state index is 5.87. The average Bonchev–Trinajstić information content (AvgIpc) is 2.71. The molecule has 0 radical (unpaired) electrons. The van der Waals surface area contributed by atoms with Gasteiger partial charge in [0.2, 0.25) is 0 Å². The minimum absolute atomic E-state index is 0.101. The maximum Gasteiger partial charge on any atom is 0.0590 e. The molecule has 82 valence electrons. The predicted molar refractivity (Wildman–Crippen MR) is 65.8 cm³/mol. The van der Waals surface area contributed by atoms with Crippen LogP contribution in [0.5, 0.6) is 0 Å². The molecule has 2 rings (SSSR count). The van der Waals surface area contributed by atoms with E-state index in [2.05, 4.69) is 26.2 Å². The van der Waals surface area contributed by atoms with E-state index in [4.69, 9.17) is 5.73 Å². The van der Waals surface area contributed by atoms with E-state index in [-0.39, 0.29) is 5.54 Å². The van der Waals surface area contributed by atoms with Crippen molar-refractivity contribution in [1.82, 2.24) is 4.98 Å². The van der Waals surface area contributed by atoms with E-state index in [0.717, 1.165) is 23.0 Å². The molecule has 1 aromatic rings. The molecule has 1 aliphatic rings. The minimum atomic E-state index is 0.101. The molecule has 0 atom stereocenters. The summed E-state index contributed by atoms with van der Waals surface area (Å²) in [5.74, 6) is 0. The SMILES string of the molecule is NCC1(Nc2ccncc2Br)CCCC1. The van der Waals surface area contributed by atoms with Crippen LogP contribution >= 0.6 is 15.9 Å². The topological polar surface area (TPSA) is 50.9 Å². The van der Waals surface area contributed by atoms with Crippen molar-refractivity contribution in [1.29, 1.82) is 0 Å². The maximum atomic E-state index is 5.87. The standard InChI is InChI=1S/C11H16BrN3/c12-9-7-14-6-3-10(9)15-11(8-13)4-1-2-5-11/h3,6-7H,1-2,4-5,8,13H2,(H,14,15). The number of hydrogen-bond donors (Lipinski definition) is 2. The zero-order valence-corrected chi connectivity index (χ0v) is 10.3. The molecule has 3 nitrogen and oxygen atoms in total. The van der Waals surface area contributed by atoms with Gasteiger partial charge < -0.3 is 11.1 Å². The number of anilines is 1. The fraction of sp³-hybridized carbons (Fsp3) is 0.545. The van der Waals surface area contributed by atoms with Crippen LogP contribution in [0.4, 0.5) is 5.69 Å². The van der Waals surface area contributed by atoms with E-state index in [1.54, 1.807) is 6.20 Å². The lowest BCUT2D eigenvalue weighted by Gasteiger charge is -2.30. The third-order valence-electron chi connectivity index (χ3n) is 3.12. The van der Waals surface area contributed by atoms with Gasteiger partial charge in [-0.05, 0) is 34.8 Å². The molecule has 0 saturated heterocycles. The van der Waals surface area contributed by atoms with Gasteiger partial charge in [0.1, 0.15) is 0 Å². The van der Waals surface area contributed by atoms with Gasteiger partial charge in [-0.25, -0.2) is 0 Å². The Labute approximate surface area is 98.6 Å². The number of nitrogens with one attached hydrogen (secondary N) is 1. The lowest BCUT2D eigenvalue weighted by atomic mass is 9.97. The molecule has 15 heavy (non-hydrogen) atoms. The van der Waals surface area contributed by atoms with Gasteiger partial charge in [-0.1, -0.05) is 12.8 Å². The monoisotopic (exact) mass is 269 g/mol. The van der Waals surface area contributed by atoms with Gasteiger partial charge in [0, 0.05) is 24.5 Å². The van der Waals surface area contributed by atoms with Crippen molar-refractivity contribution in [2.45, 2.75) is 31.2 Å². The smallest absolute Gasteiger partial charge is 0.0590 e. The molecule has 1 aliphatic carbocycles. The highest BCUT2D eigenvalue weighted by atomic mass is 79.9. The van der Waals surface area contributed by atoms with Crippen LogP contribution in [0.25, 0.3) is 0 Å². The van der Waals surface area contributed by atoms with Crippen molar-refractivity contribution in [2.75, 3.05) is 11.9 Å². The lowest BCUT2D eigenvalue weighted by molar-refractivity contribution is 0.493. The van der Waals surface area contributed by atoms with Crippen molar-refractivity contribution in [3.63, 3.8) is 0 Å². The molecule has 1 saturated carbocycles. The van der Waals surface area contributed by atoms with Gasteiger partial charge in [0.05, 0.1) is 10.2 Å². The Morgan fingerprint density at radius 1 is 1.47 bits per heavy atom. The fourth-order valence-electron chi connectivity index (χ4n) is 2.19. The molecular formula is C11H16BrN3. The van der Waals surface area contributed by atoms with Gasteiger partial charge in [0.25, 0.3) is 0 Å². The van der Waals surface area contributed by atoms with Crippen LogP contribution in [0.1, 0.15) is 25.7 Å². The summed E-state index contributed by atoms with van der Waals surface area (Å²) in [4.78, 5) is 4.05. The molecular weight excluding hydrogens is 254 g/mol. The number of halogens is 1. The first-order valence-electron chi connectivity index (χ1n) is 5.33. The van der Waals surface area contributed by atoms with Crippen molar-refractivity contribution >= 4 is 21.6 Å². The highest BCUT2D eigenvalue weighted by Gasteiger charge is 2.32.